The lowest BCUT2D eigenvalue weighted by atomic mass is 10.1. The van der Waals surface area contributed by atoms with Gasteiger partial charge in [-0.1, -0.05) is 0 Å². The first kappa shape index (κ1) is 13.1. The van der Waals surface area contributed by atoms with Gasteiger partial charge in [-0.15, -0.1) is 11.3 Å². The summed E-state index contributed by atoms with van der Waals surface area (Å²) in [7, 11) is 0. The highest BCUT2D eigenvalue weighted by molar-refractivity contribution is 7.15. The van der Waals surface area contributed by atoms with Gasteiger partial charge in [0.2, 0.25) is 0 Å². The molecule has 2 rings (SSSR count). The second-order valence-corrected chi connectivity index (χ2v) is 5.50. The molecule has 4 heteroatoms. The number of thiazole rings is 1. The van der Waals surface area contributed by atoms with E-state index in [9.17, 15) is 0 Å². The highest BCUT2D eigenvalue weighted by Crippen LogP contribution is 2.31. The van der Waals surface area contributed by atoms with E-state index in [1.54, 1.807) is 11.3 Å². The van der Waals surface area contributed by atoms with Gasteiger partial charge in [-0.05, 0) is 50.6 Å². The van der Waals surface area contributed by atoms with Gasteiger partial charge in [-0.25, -0.2) is 4.98 Å². The molecular weight excluding hydrogens is 244 g/mol. The number of aromatic nitrogens is 1. The number of nitrogens with two attached hydrogens (primary N) is 1. The van der Waals surface area contributed by atoms with Crippen molar-refractivity contribution in [1.29, 1.82) is 0 Å². The molecule has 0 aliphatic carbocycles. The van der Waals surface area contributed by atoms with E-state index in [1.807, 2.05) is 32.9 Å². The summed E-state index contributed by atoms with van der Waals surface area (Å²) < 4.78 is 5.63. The summed E-state index contributed by atoms with van der Waals surface area (Å²) in [6.45, 7) is 6.56. The highest BCUT2D eigenvalue weighted by Gasteiger charge is 2.09. The monoisotopic (exact) mass is 262 g/mol. The summed E-state index contributed by atoms with van der Waals surface area (Å²) in [4.78, 5) is 5.63. The third kappa shape index (κ3) is 2.89. The van der Waals surface area contributed by atoms with Crippen LogP contribution in [0.2, 0.25) is 0 Å². The molecule has 0 fully saturated rings. The zero-order valence-corrected chi connectivity index (χ0v) is 11.8. The minimum absolute atomic E-state index is 0.199. The third-order valence-electron chi connectivity index (χ3n) is 2.50. The predicted molar refractivity (Wildman–Crippen MR) is 75.9 cm³/mol. The zero-order chi connectivity index (χ0) is 13.1. The summed E-state index contributed by atoms with van der Waals surface area (Å²) >= 11 is 1.66. The molecule has 1 heterocycles. The van der Waals surface area contributed by atoms with Gasteiger partial charge >= 0.3 is 0 Å². The molecule has 0 spiro atoms. The van der Waals surface area contributed by atoms with Crippen LogP contribution in [-0.2, 0) is 6.54 Å². The van der Waals surface area contributed by atoms with Crippen molar-refractivity contribution in [1.82, 2.24) is 4.98 Å². The number of hydrogen-bond acceptors (Lipinski definition) is 4. The van der Waals surface area contributed by atoms with Crippen LogP contribution in [0.15, 0.2) is 24.3 Å². The van der Waals surface area contributed by atoms with Crippen LogP contribution in [0.3, 0.4) is 0 Å². The topological polar surface area (TPSA) is 48.1 Å². The Labute approximate surface area is 112 Å². The maximum Gasteiger partial charge on any atom is 0.119 e. The quantitative estimate of drug-likeness (QED) is 0.919. The van der Waals surface area contributed by atoms with Crippen molar-refractivity contribution in [3.8, 4) is 16.2 Å². The first-order valence-corrected chi connectivity index (χ1v) is 6.85. The molecule has 1 aromatic carbocycles. The minimum Gasteiger partial charge on any atom is -0.491 e. The van der Waals surface area contributed by atoms with E-state index in [0.717, 1.165) is 16.5 Å². The van der Waals surface area contributed by atoms with Gasteiger partial charge in [-0.2, -0.15) is 0 Å². The summed E-state index contributed by atoms with van der Waals surface area (Å²) in [6.07, 6.45) is 0.199. The third-order valence-corrected chi connectivity index (χ3v) is 3.73. The molecule has 0 aliphatic rings. The number of rotatable bonds is 4. The van der Waals surface area contributed by atoms with Crippen molar-refractivity contribution >= 4 is 11.3 Å². The normalized spacial score (nSPS) is 10.9. The number of ether oxygens (including phenoxy) is 1. The summed E-state index contributed by atoms with van der Waals surface area (Å²) in [6, 6.07) is 8.13. The molecule has 2 aromatic rings. The van der Waals surface area contributed by atoms with E-state index in [0.29, 0.717) is 6.54 Å². The molecule has 0 amide bonds. The molecule has 0 radical (unpaired) electrons. The molecule has 1 aromatic heterocycles. The minimum atomic E-state index is 0.199. The van der Waals surface area contributed by atoms with Crippen LogP contribution in [0.4, 0.5) is 0 Å². The van der Waals surface area contributed by atoms with Crippen molar-refractivity contribution in [2.75, 3.05) is 0 Å². The zero-order valence-electron chi connectivity index (χ0n) is 10.9. The average Bonchev–Trinajstić information content (AvgIpc) is 2.71. The van der Waals surface area contributed by atoms with Gasteiger partial charge in [0, 0.05) is 6.54 Å². The van der Waals surface area contributed by atoms with E-state index in [4.69, 9.17) is 10.5 Å². The van der Waals surface area contributed by atoms with Crippen molar-refractivity contribution in [3.63, 3.8) is 0 Å². The summed E-state index contributed by atoms with van der Waals surface area (Å²) in [5, 5.41) is 0.977. The lowest BCUT2D eigenvalue weighted by molar-refractivity contribution is 0.242. The molecule has 18 heavy (non-hydrogen) atoms. The van der Waals surface area contributed by atoms with Gasteiger partial charge in [0.15, 0.2) is 0 Å². The molecule has 0 saturated carbocycles. The number of hydrogen-bond donors (Lipinski definition) is 1. The van der Waals surface area contributed by atoms with Gasteiger partial charge in [0.05, 0.1) is 16.7 Å². The molecule has 96 valence electrons. The lowest BCUT2D eigenvalue weighted by Gasteiger charge is -2.09. The molecule has 0 aliphatic heterocycles. The molecule has 0 saturated heterocycles. The standard InChI is InChI=1S/C14H18N2OS/c1-9(2)17-12-6-4-11(5-7-12)14-10(3)16-13(8-15)18-14/h4-7,9H,8,15H2,1-3H3. The number of aryl methyl sites for hydroxylation is 1. The maximum absolute atomic E-state index is 5.63. The Balaban J connectivity index is 2.25. The molecule has 0 unspecified atom stereocenters. The van der Waals surface area contributed by atoms with Gasteiger partial charge in [0.25, 0.3) is 0 Å². The van der Waals surface area contributed by atoms with Gasteiger partial charge < -0.3 is 10.5 Å². The van der Waals surface area contributed by atoms with Crippen LogP contribution >= 0.6 is 11.3 Å². The van der Waals surface area contributed by atoms with Crippen LogP contribution in [0.1, 0.15) is 24.5 Å². The van der Waals surface area contributed by atoms with Crippen molar-refractivity contribution < 1.29 is 4.74 Å². The maximum atomic E-state index is 5.63. The van der Waals surface area contributed by atoms with Crippen LogP contribution in [-0.4, -0.2) is 11.1 Å². The Morgan fingerprint density at radius 2 is 1.94 bits per heavy atom. The highest BCUT2D eigenvalue weighted by atomic mass is 32.1. The molecule has 0 bridgehead atoms. The Hall–Kier alpha value is -1.39. The summed E-state index contributed by atoms with van der Waals surface area (Å²) in [5.41, 5.74) is 7.82. The molecule has 2 N–H and O–H groups in total. The first-order valence-electron chi connectivity index (χ1n) is 6.03. The Morgan fingerprint density at radius 1 is 1.28 bits per heavy atom. The van der Waals surface area contributed by atoms with Crippen LogP contribution in [0, 0.1) is 6.92 Å². The van der Waals surface area contributed by atoms with E-state index in [1.165, 1.54) is 10.4 Å². The van der Waals surface area contributed by atoms with E-state index in [-0.39, 0.29) is 6.10 Å². The fourth-order valence-electron chi connectivity index (χ4n) is 1.76. The van der Waals surface area contributed by atoms with Crippen LogP contribution in [0.25, 0.3) is 10.4 Å². The predicted octanol–water partition coefficient (Wildman–Crippen LogP) is 3.36. The molecular formula is C14H18N2OS. The van der Waals surface area contributed by atoms with E-state index in [2.05, 4.69) is 17.1 Å². The Bertz CT molecular complexity index is 517. The molecule has 3 nitrogen and oxygen atoms in total. The second-order valence-electron chi connectivity index (χ2n) is 4.42. The van der Waals surface area contributed by atoms with E-state index < -0.39 is 0 Å². The van der Waals surface area contributed by atoms with E-state index >= 15 is 0 Å². The summed E-state index contributed by atoms with van der Waals surface area (Å²) in [5.74, 6) is 0.898. The average molecular weight is 262 g/mol. The van der Waals surface area contributed by atoms with Crippen LogP contribution in [0.5, 0.6) is 5.75 Å². The SMILES string of the molecule is Cc1nc(CN)sc1-c1ccc(OC(C)C)cc1. The smallest absolute Gasteiger partial charge is 0.119 e. The second kappa shape index (κ2) is 5.50. The van der Waals surface area contributed by atoms with Crippen molar-refractivity contribution in [2.24, 2.45) is 5.73 Å². The lowest BCUT2D eigenvalue weighted by Crippen LogP contribution is -2.05. The Morgan fingerprint density at radius 3 is 2.44 bits per heavy atom. The van der Waals surface area contributed by atoms with Crippen LogP contribution < -0.4 is 10.5 Å². The number of benzene rings is 1. The van der Waals surface area contributed by atoms with Gasteiger partial charge in [0.1, 0.15) is 10.8 Å². The first-order chi connectivity index (χ1) is 8.60. The largest absolute Gasteiger partial charge is 0.491 e. The fraction of sp³-hybridized carbons (Fsp3) is 0.357. The van der Waals surface area contributed by atoms with Crippen molar-refractivity contribution in [3.05, 3.63) is 35.0 Å². The number of nitrogens with zero attached hydrogens (tertiary/aromatic N) is 1. The Kier molecular flexibility index (Phi) is 3.99. The van der Waals surface area contributed by atoms with Crippen molar-refractivity contribution in [2.45, 2.75) is 33.4 Å². The fourth-order valence-corrected chi connectivity index (χ4v) is 2.71. The van der Waals surface area contributed by atoms with Gasteiger partial charge in [-0.3, -0.25) is 0 Å². The molecule has 0 atom stereocenters.